The van der Waals surface area contributed by atoms with Gasteiger partial charge in [0, 0.05) is 17.8 Å². The van der Waals surface area contributed by atoms with Crippen molar-refractivity contribution in [2.24, 2.45) is 0 Å². The van der Waals surface area contributed by atoms with Crippen molar-refractivity contribution in [1.29, 1.82) is 0 Å². The lowest BCUT2D eigenvalue weighted by Crippen LogP contribution is -2.13. The van der Waals surface area contributed by atoms with E-state index in [-0.39, 0.29) is 6.61 Å². The van der Waals surface area contributed by atoms with Crippen LogP contribution >= 0.6 is 0 Å². The van der Waals surface area contributed by atoms with Crippen LogP contribution in [-0.4, -0.2) is 51.0 Å². The first kappa shape index (κ1) is 14.6. The quantitative estimate of drug-likeness (QED) is 0.480. The smallest absolute Gasteiger partial charge is 0.152 e. The summed E-state index contributed by atoms with van der Waals surface area (Å²) in [5.41, 5.74) is 1.46. The number of aliphatic hydroxyl groups is 1. The summed E-state index contributed by atoms with van der Waals surface area (Å²) in [4.78, 5) is 10.8. The maximum Gasteiger partial charge on any atom is 0.152 e. The lowest BCUT2D eigenvalue weighted by molar-refractivity contribution is 0.0361. The van der Waals surface area contributed by atoms with Crippen LogP contribution in [0.4, 0.5) is 5.69 Å². The van der Waals surface area contributed by atoms with Crippen LogP contribution in [-0.2, 0) is 9.47 Å². The van der Waals surface area contributed by atoms with E-state index in [9.17, 15) is 4.79 Å². The van der Waals surface area contributed by atoms with Crippen molar-refractivity contribution in [3.8, 4) is 0 Å². The van der Waals surface area contributed by atoms with E-state index in [4.69, 9.17) is 14.6 Å². The number of aldehydes is 1. The number of hydrogen-bond acceptors (Lipinski definition) is 5. The first-order chi connectivity index (χ1) is 8.88. The van der Waals surface area contributed by atoms with E-state index in [2.05, 4.69) is 5.32 Å². The fourth-order valence-corrected chi connectivity index (χ4v) is 1.41. The third-order valence-electron chi connectivity index (χ3n) is 2.26. The van der Waals surface area contributed by atoms with Gasteiger partial charge in [0.1, 0.15) is 0 Å². The summed E-state index contributed by atoms with van der Waals surface area (Å²) in [5.74, 6) is 0. The first-order valence-corrected chi connectivity index (χ1v) is 5.93. The van der Waals surface area contributed by atoms with Gasteiger partial charge in [-0.15, -0.1) is 0 Å². The number of carbonyl (C=O) groups excluding carboxylic acids is 1. The summed E-state index contributed by atoms with van der Waals surface area (Å²) in [6.07, 6.45) is 0.825. The molecule has 1 aromatic rings. The second-order valence-electron chi connectivity index (χ2n) is 3.58. The molecule has 0 atom stereocenters. The molecule has 0 saturated heterocycles. The van der Waals surface area contributed by atoms with Gasteiger partial charge in [0.15, 0.2) is 6.29 Å². The van der Waals surface area contributed by atoms with Gasteiger partial charge in [-0.25, -0.2) is 0 Å². The van der Waals surface area contributed by atoms with E-state index < -0.39 is 0 Å². The Morgan fingerprint density at radius 2 is 1.83 bits per heavy atom. The normalized spacial score (nSPS) is 10.3. The molecule has 0 heterocycles. The number of para-hydroxylation sites is 1. The Kier molecular flexibility index (Phi) is 7.79. The molecule has 0 amide bonds. The SMILES string of the molecule is O=Cc1ccccc1NCCOCCOCCO. The van der Waals surface area contributed by atoms with Crippen LogP contribution in [0.3, 0.4) is 0 Å². The van der Waals surface area contributed by atoms with Crippen LogP contribution < -0.4 is 5.32 Å². The molecule has 0 fully saturated rings. The fraction of sp³-hybridized carbons (Fsp3) is 0.462. The molecule has 100 valence electrons. The standard InChI is InChI=1S/C13H19NO4/c15-6-8-18-10-9-17-7-5-14-13-4-2-1-3-12(13)11-16/h1-4,11,14-15H,5-10H2. The molecule has 18 heavy (non-hydrogen) atoms. The Balaban J connectivity index is 2.09. The van der Waals surface area contributed by atoms with Crippen LogP contribution in [0.5, 0.6) is 0 Å². The van der Waals surface area contributed by atoms with Crippen molar-refractivity contribution in [2.75, 3.05) is 44.9 Å². The molecule has 0 spiro atoms. The molecule has 0 saturated carbocycles. The van der Waals surface area contributed by atoms with Gasteiger partial charge in [0.2, 0.25) is 0 Å². The first-order valence-electron chi connectivity index (χ1n) is 5.93. The Morgan fingerprint density at radius 1 is 1.11 bits per heavy atom. The molecule has 0 aliphatic carbocycles. The Hall–Kier alpha value is -1.43. The summed E-state index contributed by atoms with van der Waals surface area (Å²) < 4.78 is 10.4. The molecular formula is C13H19NO4. The monoisotopic (exact) mass is 253 g/mol. The van der Waals surface area contributed by atoms with Gasteiger partial charge in [0.25, 0.3) is 0 Å². The van der Waals surface area contributed by atoms with Crippen LogP contribution in [0.25, 0.3) is 0 Å². The van der Waals surface area contributed by atoms with Gasteiger partial charge in [0.05, 0.1) is 33.0 Å². The van der Waals surface area contributed by atoms with Gasteiger partial charge < -0.3 is 19.9 Å². The van der Waals surface area contributed by atoms with Crippen molar-refractivity contribution in [3.05, 3.63) is 29.8 Å². The lowest BCUT2D eigenvalue weighted by Gasteiger charge is -2.09. The number of rotatable bonds is 10. The van der Waals surface area contributed by atoms with E-state index in [1.54, 1.807) is 6.07 Å². The Labute approximate surface area is 107 Å². The van der Waals surface area contributed by atoms with Gasteiger partial charge in [-0.2, -0.15) is 0 Å². The zero-order valence-corrected chi connectivity index (χ0v) is 10.3. The van der Waals surface area contributed by atoms with E-state index in [1.807, 2.05) is 18.2 Å². The predicted octanol–water partition coefficient (Wildman–Crippen LogP) is 0.936. The summed E-state index contributed by atoms with van der Waals surface area (Å²) in [5, 5.41) is 11.6. The van der Waals surface area contributed by atoms with Crippen LogP contribution in [0.2, 0.25) is 0 Å². The number of anilines is 1. The highest BCUT2D eigenvalue weighted by atomic mass is 16.5. The van der Waals surface area contributed by atoms with Crippen LogP contribution in [0.1, 0.15) is 10.4 Å². The minimum Gasteiger partial charge on any atom is -0.394 e. The fourth-order valence-electron chi connectivity index (χ4n) is 1.41. The molecule has 0 aromatic heterocycles. The van der Waals surface area contributed by atoms with E-state index in [1.165, 1.54) is 0 Å². The average Bonchev–Trinajstić information content (AvgIpc) is 2.42. The summed E-state index contributed by atoms with van der Waals surface area (Å²) >= 11 is 0. The van der Waals surface area contributed by atoms with E-state index in [0.717, 1.165) is 12.0 Å². The van der Waals surface area contributed by atoms with Gasteiger partial charge in [-0.1, -0.05) is 12.1 Å². The number of ether oxygens (including phenoxy) is 2. The molecule has 5 nitrogen and oxygen atoms in total. The number of nitrogens with one attached hydrogen (secondary N) is 1. The molecule has 0 aliphatic heterocycles. The Bertz CT molecular complexity index is 344. The van der Waals surface area contributed by atoms with Crippen molar-refractivity contribution in [3.63, 3.8) is 0 Å². The van der Waals surface area contributed by atoms with Crippen molar-refractivity contribution < 1.29 is 19.4 Å². The minimum atomic E-state index is 0.0318. The van der Waals surface area contributed by atoms with Crippen molar-refractivity contribution >= 4 is 12.0 Å². The maximum absolute atomic E-state index is 10.8. The van der Waals surface area contributed by atoms with Crippen molar-refractivity contribution in [2.45, 2.75) is 0 Å². The summed E-state index contributed by atoms with van der Waals surface area (Å²) in [6.45, 7) is 2.52. The highest BCUT2D eigenvalue weighted by Gasteiger charge is 1.98. The van der Waals surface area contributed by atoms with Crippen LogP contribution in [0, 0.1) is 0 Å². The number of hydrogen-bond donors (Lipinski definition) is 2. The Morgan fingerprint density at radius 3 is 2.56 bits per heavy atom. The van der Waals surface area contributed by atoms with Gasteiger partial charge in [-0.3, -0.25) is 4.79 Å². The largest absolute Gasteiger partial charge is 0.394 e. The zero-order chi connectivity index (χ0) is 13.1. The number of benzene rings is 1. The zero-order valence-electron chi connectivity index (χ0n) is 10.3. The molecule has 0 aliphatic rings. The molecule has 2 N–H and O–H groups in total. The second kappa shape index (κ2) is 9.58. The van der Waals surface area contributed by atoms with E-state index in [0.29, 0.717) is 38.5 Å². The molecule has 0 bridgehead atoms. The number of carbonyl (C=O) groups is 1. The average molecular weight is 253 g/mol. The third kappa shape index (κ3) is 5.77. The highest BCUT2D eigenvalue weighted by Crippen LogP contribution is 2.11. The molecule has 5 heteroatoms. The van der Waals surface area contributed by atoms with Crippen molar-refractivity contribution in [1.82, 2.24) is 0 Å². The topological polar surface area (TPSA) is 67.8 Å². The lowest BCUT2D eigenvalue weighted by atomic mass is 10.2. The predicted molar refractivity (Wildman–Crippen MR) is 69.0 cm³/mol. The second-order valence-corrected chi connectivity index (χ2v) is 3.58. The molecule has 1 rings (SSSR count). The highest BCUT2D eigenvalue weighted by molar-refractivity contribution is 5.83. The van der Waals surface area contributed by atoms with Crippen LogP contribution in [0.15, 0.2) is 24.3 Å². The summed E-state index contributed by atoms with van der Waals surface area (Å²) in [7, 11) is 0. The minimum absolute atomic E-state index is 0.0318. The number of aliphatic hydroxyl groups excluding tert-OH is 1. The van der Waals surface area contributed by atoms with E-state index >= 15 is 0 Å². The van der Waals surface area contributed by atoms with Gasteiger partial charge >= 0.3 is 0 Å². The molecular weight excluding hydrogens is 234 g/mol. The molecule has 0 unspecified atom stereocenters. The molecule has 1 aromatic carbocycles. The molecule has 0 radical (unpaired) electrons. The maximum atomic E-state index is 10.8. The van der Waals surface area contributed by atoms with Gasteiger partial charge in [-0.05, 0) is 12.1 Å². The summed E-state index contributed by atoms with van der Waals surface area (Å²) in [6, 6.07) is 7.32. The third-order valence-corrected chi connectivity index (χ3v) is 2.26.